The number of rotatable bonds is 3. The molecule has 0 amide bonds. The number of aromatic amines is 1. The van der Waals surface area contributed by atoms with Gasteiger partial charge in [0, 0.05) is 5.56 Å². The summed E-state index contributed by atoms with van der Waals surface area (Å²) in [5, 5.41) is 27.3. The number of allylic oxidation sites excluding steroid dienone is 1. The Morgan fingerprint density at radius 2 is 2.10 bits per heavy atom. The summed E-state index contributed by atoms with van der Waals surface area (Å²) in [7, 11) is 1.41. The van der Waals surface area contributed by atoms with Gasteiger partial charge in [0.2, 0.25) is 18.6 Å². The molecular formula is C21H15ClN4O5. The molecule has 0 unspecified atom stereocenters. The largest absolute Gasteiger partial charge is 0.503 e. The fraction of sp³-hybridized carbons (Fsp3) is 0.143. The highest BCUT2D eigenvalue weighted by molar-refractivity contribution is 6.32. The highest BCUT2D eigenvalue weighted by Gasteiger charge is 2.36. The first-order valence-corrected chi connectivity index (χ1v) is 9.52. The van der Waals surface area contributed by atoms with Gasteiger partial charge < -0.3 is 29.8 Å². The molecule has 10 heteroatoms. The fourth-order valence-corrected chi connectivity index (χ4v) is 3.99. The summed E-state index contributed by atoms with van der Waals surface area (Å²) in [6, 6.07) is 10.7. The highest BCUT2D eigenvalue weighted by Crippen LogP contribution is 2.49. The van der Waals surface area contributed by atoms with E-state index in [0.717, 1.165) is 5.56 Å². The van der Waals surface area contributed by atoms with E-state index >= 15 is 0 Å². The van der Waals surface area contributed by atoms with Gasteiger partial charge in [-0.1, -0.05) is 11.6 Å². The first-order valence-electron chi connectivity index (χ1n) is 9.14. The van der Waals surface area contributed by atoms with E-state index in [1.54, 1.807) is 18.2 Å². The van der Waals surface area contributed by atoms with E-state index in [1.807, 2.05) is 12.1 Å². The number of phenols is 1. The number of hydrogen-bond acceptors (Lipinski definition) is 8. The average Bonchev–Trinajstić information content (AvgIpc) is 3.40. The minimum atomic E-state index is -0.667. The number of nitrogens with one attached hydrogen (secondary N) is 1. The maximum absolute atomic E-state index is 10.1. The van der Waals surface area contributed by atoms with Crippen LogP contribution in [0.15, 0.2) is 41.8 Å². The number of nitrogens with zero attached hydrogens (tertiary/aromatic N) is 2. The van der Waals surface area contributed by atoms with Crippen LogP contribution >= 0.6 is 11.6 Å². The molecule has 2 aliphatic rings. The van der Waals surface area contributed by atoms with Crippen molar-refractivity contribution in [3.63, 3.8) is 0 Å². The quantitative estimate of drug-likeness (QED) is 0.566. The molecule has 31 heavy (non-hydrogen) atoms. The van der Waals surface area contributed by atoms with Gasteiger partial charge in [0.25, 0.3) is 0 Å². The minimum absolute atomic E-state index is 0.0631. The normalized spacial score (nSPS) is 16.5. The predicted octanol–water partition coefficient (Wildman–Crippen LogP) is 3.39. The van der Waals surface area contributed by atoms with Crippen molar-refractivity contribution in [2.45, 2.75) is 5.92 Å². The summed E-state index contributed by atoms with van der Waals surface area (Å²) < 4.78 is 21.7. The lowest BCUT2D eigenvalue weighted by molar-refractivity contribution is 0.174. The lowest BCUT2D eigenvalue weighted by Gasteiger charge is -2.24. The molecule has 0 radical (unpaired) electrons. The number of nitrogens with two attached hydrogens (primary N) is 1. The number of ether oxygens (including phenoxy) is 4. The number of H-pyrrole nitrogens is 1. The van der Waals surface area contributed by atoms with Crippen LogP contribution in [0.5, 0.6) is 28.9 Å². The minimum Gasteiger partial charge on any atom is -0.503 e. The van der Waals surface area contributed by atoms with Crippen LogP contribution < -0.4 is 24.7 Å². The molecule has 0 saturated carbocycles. The number of benzene rings is 2. The Labute approximate surface area is 181 Å². The van der Waals surface area contributed by atoms with Crippen LogP contribution in [-0.2, 0) is 0 Å². The summed E-state index contributed by atoms with van der Waals surface area (Å²) in [4.78, 5) is 0. The Kier molecular flexibility index (Phi) is 4.30. The van der Waals surface area contributed by atoms with E-state index in [0.29, 0.717) is 28.3 Å². The molecule has 0 saturated heterocycles. The van der Waals surface area contributed by atoms with Gasteiger partial charge in [-0.25, -0.2) is 0 Å². The van der Waals surface area contributed by atoms with Gasteiger partial charge in [-0.2, -0.15) is 5.26 Å². The third-order valence-electron chi connectivity index (χ3n) is 5.20. The number of hydrogen-bond donors (Lipinski definition) is 3. The Bertz CT molecular complexity index is 1290. The summed E-state index contributed by atoms with van der Waals surface area (Å²) in [5.74, 6) is 0.711. The van der Waals surface area contributed by atoms with E-state index in [9.17, 15) is 10.4 Å². The Morgan fingerprint density at radius 3 is 2.87 bits per heavy atom. The Balaban J connectivity index is 1.73. The molecule has 1 aromatic heterocycles. The van der Waals surface area contributed by atoms with Crippen LogP contribution in [0, 0.1) is 11.3 Å². The standard InChI is InChI=1S/C21H15ClN4O5/c1-28-15-6-10(4-12(22)19(15)27)16-11(7-23)20(24)31-21-17(16)18(25-26-21)9-2-3-13-14(5-9)30-8-29-13/h2-6,16,27H,8,24H2,1H3,(H,25,26)/t16-/m1/s1. The zero-order chi connectivity index (χ0) is 21.7. The number of fused-ring (bicyclic) bond motifs is 2. The molecule has 2 aliphatic heterocycles. The van der Waals surface area contributed by atoms with E-state index in [1.165, 1.54) is 7.11 Å². The van der Waals surface area contributed by atoms with Crippen molar-refractivity contribution in [2.75, 3.05) is 13.9 Å². The number of methoxy groups -OCH3 is 1. The van der Waals surface area contributed by atoms with E-state index in [4.69, 9.17) is 36.3 Å². The number of phenolic OH excluding ortho intramolecular Hbond substituents is 1. The number of aromatic nitrogens is 2. The third kappa shape index (κ3) is 2.88. The summed E-state index contributed by atoms with van der Waals surface area (Å²) in [6.07, 6.45) is 0. The van der Waals surface area contributed by atoms with Crippen LogP contribution in [0.1, 0.15) is 17.0 Å². The molecule has 0 aliphatic carbocycles. The second-order valence-corrected chi connectivity index (χ2v) is 7.27. The molecule has 1 atom stereocenters. The number of aromatic hydroxyl groups is 1. The zero-order valence-corrected chi connectivity index (χ0v) is 16.9. The number of halogens is 1. The molecule has 0 fully saturated rings. The first-order chi connectivity index (χ1) is 15.0. The number of nitriles is 1. The zero-order valence-electron chi connectivity index (χ0n) is 16.1. The van der Waals surface area contributed by atoms with Crippen LogP contribution in [0.4, 0.5) is 0 Å². The first kappa shape index (κ1) is 19.0. The molecule has 156 valence electrons. The van der Waals surface area contributed by atoms with Crippen LogP contribution in [0.2, 0.25) is 5.02 Å². The van der Waals surface area contributed by atoms with Gasteiger partial charge >= 0.3 is 0 Å². The molecule has 3 aromatic rings. The van der Waals surface area contributed by atoms with Crippen molar-refractivity contribution < 1.29 is 24.1 Å². The van der Waals surface area contributed by atoms with Crippen molar-refractivity contribution in [3.8, 4) is 46.2 Å². The fourth-order valence-electron chi connectivity index (χ4n) is 3.77. The second kappa shape index (κ2) is 7.04. The molecule has 4 N–H and O–H groups in total. The van der Waals surface area contributed by atoms with E-state index in [-0.39, 0.29) is 40.7 Å². The highest BCUT2D eigenvalue weighted by atomic mass is 35.5. The summed E-state index contributed by atoms with van der Waals surface area (Å²) in [6.45, 7) is 0.148. The van der Waals surface area contributed by atoms with Gasteiger partial charge in [0.15, 0.2) is 23.0 Å². The molecule has 5 rings (SSSR count). The molecular weight excluding hydrogens is 424 g/mol. The molecule has 2 aromatic carbocycles. The van der Waals surface area contributed by atoms with Crippen molar-refractivity contribution >= 4 is 11.6 Å². The van der Waals surface area contributed by atoms with Crippen LogP contribution in [0.3, 0.4) is 0 Å². The maximum atomic E-state index is 10.1. The van der Waals surface area contributed by atoms with Gasteiger partial charge in [-0.15, -0.1) is 5.10 Å². The average molecular weight is 439 g/mol. The van der Waals surface area contributed by atoms with Gasteiger partial charge in [-0.05, 0) is 35.9 Å². The Morgan fingerprint density at radius 1 is 1.29 bits per heavy atom. The van der Waals surface area contributed by atoms with Gasteiger partial charge in [0.1, 0.15) is 11.6 Å². The van der Waals surface area contributed by atoms with E-state index < -0.39 is 5.92 Å². The molecule has 0 bridgehead atoms. The van der Waals surface area contributed by atoms with Crippen molar-refractivity contribution in [3.05, 3.63) is 57.9 Å². The monoisotopic (exact) mass is 438 g/mol. The smallest absolute Gasteiger partial charge is 0.244 e. The lowest BCUT2D eigenvalue weighted by atomic mass is 9.83. The maximum Gasteiger partial charge on any atom is 0.244 e. The van der Waals surface area contributed by atoms with Crippen LogP contribution in [0.25, 0.3) is 11.3 Å². The second-order valence-electron chi connectivity index (χ2n) is 6.86. The van der Waals surface area contributed by atoms with Gasteiger partial charge in [-0.3, -0.25) is 5.10 Å². The summed E-state index contributed by atoms with van der Waals surface area (Å²) >= 11 is 6.22. The molecule has 0 spiro atoms. The third-order valence-corrected chi connectivity index (χ3v) is 5.49. The van der Waals surface area contributed by atoms with Crippen molar-refractivity contribution in [1.29, 1.82) is 5.26 Å². The van der Waals surface area contributed by atoms with Crippen LogP contribution in [-0.4, -0.2) is 29.2 Å². The lowest BCUT2D eigenvalue weighted by Crippen LogP contribution is -2.21. The SMILES string of the molecule is COc1cc([C@@H]2C(C#N)=C(N)Oc3n[nH]c(-c4ccc5c(c4)OCO5)c32)cc(Cl)c1O. The summed E-state index contributed by atoms with van der Waals surface area (Å²) in [5.41, 5.74) is 8.73. The van der Waals surface area contributed by atoms with Gasteiger partial charge in [0.05, 0.1) is 29.3 Å². The van der Waals surface area contributed by atoms with Crippen molar-refractivity contribution in [1.82, 2.24) is 10.2 Å². The Hall–Kier alpha value is -4.03. The predicted molar refractivity (Wildman–Crippen MR) is 109 cm³/mol. The van der Waals surface area contributed by atoms with E-state index in [2.05, 4.69) is 16.3 Å². The molecule has 3 heterocycles. The van der Waals surface area contributed by atoms with Crippen molar-refractivity contribution in [2.24, 2.45) is 5.73 Å². The topological polar surface area (TPSA) is 136 Å². The molecule has 9 nitrogen and oxygen atoms in total.